The van der Waals surface area contributed by atoms with Crippen molar-refractivity contribution in [3.63, 3.8) is 0 Å². The van der Waals surface area contributed by atoms with Gasteiger partial charge in [-0.1, -0.05) is 0 Å². The summed E-state index contributed by atoms with van der Waals surface area (Å²) in [6, 6.07) is 1.14. The van der Waals surface area contributed by atoms with E-state index in [4.69, 9.17) is 35.3 Å². The van der Waals surface area contributed by atoms with E-state index in [1.807, 2.05) is 5.32 Å². The second kappa shape index (κ2) is 14.9. The number of rotatable bonds is 9. The Morgan fingerprint density at radius 3 is 1.35 bits per heavy atom. The number of hydrogen-bond donors (Lipinski definition) is 8. The van der Waals surface area contributed by atoms with Crippen molar-refractivity contribution in [2.75, 3.05) is 12.7 Å². The number of carboxylic acid groups (broad SMARTS) is 5. The van der Waals surface area contributed by atoms with Gasteiger partial charge >= 0.3 is 60.5 Å². The maximum absolute atomic E-state index is 10.6. The van der Waals surface area contributed by atoms with Crippen molar-refractivity contribution < 1.29 is 83.2 Å². The number of nitrogens with one attached hydrogen (secondary N) is 1. The maximum Gasteiger partial charge on any atom is 2.00 e. The number of carboxylic acids is 5. The molecule has 0 bridgehead atoms. The van der Waals surface area contributed by atoms with Crippen LogP contribution >= 0.6 is 7.60 Å². The molecule has 0 saturated carbocycles. The van der Waals surface area contributed by atoms with Crippen LogP contribution in [0.15, 0.2) is 18.2 Å². The summed E-state index contributed by atoms with van der Waals surface area (Å²) in [4.78, 5) is 69.1. The molecule has 17 heteroatoms. The molecule has 1 aromatic rings. The molecule has 0 heterocycles. The van der Waals surface area contributed by atoms with Crippen LogP contribution in [-0.4, -0.2) is 107 Å². The smallest absolute Gasteiger partial charge is 1.00 e. The minimum absolute atomic E-state index is 0. The van der Waals surface area contributed by atoms with Gasteiger partial charge in [0.05, 0.1) is 29.4 Å². The predicted octanol–water partition coefficient (Wildman–Crippen LogP) is -1.09. The van der Waals surface area contributed by atoms with Crippen molar-refractivity contribution >= 4 is 60.5 Å². The topological polar surface area (TPSA) is 256 Å². The molecule has 0 amide bonds. The zero-order valence-corrected chi connectivity index (χ0v) is 18.6. The van der Waals surface area contributed by atoms with E-state index >= 15 is 0 Å². The van der Waals surface area contributed by atoms with Gasteiger partial charge in [-0.2, -0.15) is 0 Å². The van der Waals surface area contributed by atoms with Crippen LogP contribution in [0, 0.1) is 0 Å². The monoisotopic (exact) mass is 521 g/mol. The summed E-state index contributed by atoms with van der Waals surface area (Å²) in [5.74, 6) is -6.93. The number of aliphatic carboxylic acids is 2. The minimum atomic E-state index is -4.47. The average molecular weight is 522 g/mol. The van der Waals surface area contributed by atoms with Crippen LogP contribution in [0.1, 0.15) is 33.9 Å². The van der Waals surface area contributed by atoms with Crippen LogP contribution in [0.25, 0.3) is 0 Å². The molecule has 1 atom stereocenters. The number of aromatic carboxylic acids is 3. The molecule has 14 nitrogen and oxygen atoms in total. The fourth-order valence-electron chi connectivity index (χ4n) is 1.68. The third kappa shape index (κ3) is 14.6. The normalized spacial score (nSPS) is 10.8. The second-order valence-electron chi connectivity index (χ2n) is 5.23. The van der Waals surface area contributed by atoms with E-state index in [9.17, 15) is 28.5 Å². The first-order chi connectivity index (χ1) is 13.1. The van der Waals surface area contributed by atoms with E-state index in [1.165, 1.54) is 0 Å². The summed E-state index contributed by atoms with van der Waals surface area (Å²) in [6.45, 7) is -0.670. The van der Waals surface area contributed by atoms with Crippen LogP contribution in [0.3, 0.4) is 0 Å². The molecule has 0 aromatic heterocycles. The van der Waals surface area contributed by atoms with Gasteiger partial charge in [-0.05, 0) is 18.2 Å². The molecule has 0 radical (unpaired) electrons. The first-order valence-corrected chi connectivity index (χ1v) is 9.01. The molecule has 1 rings (SSSR count). The van der Waals surface area contributed by atoms with Crippen molar-refractivity contribution in [2.24, 2.45) is 0 Å². The van der Waals surface area contributed by atoms with E-state index in [0.29, 0.717) is 0 Å². The first-order valence-electron chi connectivity index (χ1n) is 7.21. The van der Waals surface area contributed by atoms with Crippen LogP contribution in [0.2, 0.25) is 0 Å². The Bertz CT molecular complexity index is 804. The quantitative estimate of drug-likeness (QED) is 0.142. The molecule has 0 fully saturated rings. The molecule has 174 valence electrons. The molecular formula is C14H18MgNNiO13P. The molecule has 0 saturated heterocycles. The van der Waals surface area contributed by atoms with Gasteiger partial charge in [0.25, 0.3) is 0 Å². The fourth-order valence-corrected chi connectivity index (χ4v) is 2.44. The Labute approximate surface area is 202 Å². The van der Waals surface area contributed by atoms with Gasteiger partial charge in [-0.25, -0.2) is 14.4 Å². The Morgan fingerprint density at radius 1 is 0.839 bits per heavy atom. The molecule has 0 spiro atoms. The SMILES string of the molecule is O=C(O)CNC(CP(=O)(O)O)C(=O)O.O=C(O)c1cc(C(=O)O)cc(C(=O)O)c1.[H-].[H-].[Mg+2].[Ni]. The Morgan fingerprint density at radius 2 is 1.16 bits per heavy atom. The van der Waals surface area contributed by atoms with E-state index in [1.54, 1.807) is 0 Å². The first kappa shape index (κ1) is 33.6. The van der Waals surface area contributed by atoms with Gasteiger partial charge in [0, 0.05) is 16.5 Å². The van der Waals surface area contributed by atoms with E-state index in [0.717, 1.165) is 18.2 Å². The van der Waals surface area contributed by atoms with E-state index in [2.05, 4.69) is 0 Å². The summed E-state index contributed by atoms with van der Waals surface area (Å²) in [5.41, 5.74) is -1.10. The summed E-state index contributed by atoms with van der Waals surface area (Å²) >= 11 is 0. The van der Waals surface area contributed by atoms with Gasteiger partial charge in [0.1, 0.15) is 6.04 Å². The zero-order valence-electron chi connectivity index (χ0n) is 17.3. The minimum Gasteiger partial charge on any atom is -1.00 e. The van der Waals surface area contributed by atoms with E-state index in [-0.39, 0.29) is 59.1 Å². The molecule has 8 N–H and O–H groups in total. The van der Waals surface area contributed by atoms with Crippen LogP contribution < -0.4 is 5.32 Å². The third-order valence-electron chi connectivity index (χ3n) is 2.89. The van der Waals surface area contributed by atoms with Crippen LogP contribution in [-0.2, 0) is 30.6 Å². The maximum atomic E-state index is 10.6. The predicted molar refractivity (Wildman–Crippen MR) is 99.3 cm³/mol. The number of carbonyl (C=O) groups is 5. The van der Waals surface area contributed by atoms with E-state index < -0.39 is 56.2 Å². The van der Waals surface area contributed by atoms with Crippen molar-refractivity contribution in [2.45, 2.75) is 6.04 Å². The molecule has 0 aliphatic carbocycles. The molecule has 1 unspecified atom stereocenters. The summed E-state index contributed by atoms with van der Waals surface area (Å²) < 4.78 is 10.4. The Balaban J connectivity index is -0.000000142. The Kier molecular flexibility index (Phi) is 16.1. The largest absolute Gasteiger partial charge is 2.00 e. The fraction of sp³-hybridized carbons (Fsp3) is 0.214. The molecule has 0 aliphatic heterocycles. The zero-order chi connectivity index (χ0) is 22.9. The van der Waals surface area contributed by atoms with Crippen molar-refractivity contribution in [3.8, 4) is 0 Å². The van der Waals surface area contributed by atoms with Crippen molar-refractivity contribution in [1.29, 1.82) is 0 Å². The molecular weight excluding hydrogens is 504 g/mol. The standard InChI is InChI=1S/C9H6O6.C5H10NO7P.Mg.Ni.2H/c10-7(11)4-1-5(8(12)13)3-6(2-4)9(14)15;7-4(8)1-6-3(5(9)10)2-14(11,12)13;;;;/h1-3H,(H,10,11)(H,12,13)(H,14,15);3,6H,1-2H2,(H,7,8)(H,9,10)(H2,11,12,13);;;;/q;;+2;;2*-1. The van der Waals surface area contributed by atoms with Crippen LogP contribution in [0.5, 0.6) is 0 Å². The molecule has 1 aromatic carbocycles. The number of hydrogen-bond acceptors (Lipinski definition) is 7. The summed E-state index contributed by atoms with van der Waals surface area (Å²) in [5, 5.41) is 44.5. The average Bonchev–Trinajstić information content (AvgIpc) is 2.57. The van der Waals surface area contributed by atoms with Gasteiger partial charge in [0.15, 0.2) is 0 Å². The van der Waals surface area contributed by atoms with Gasteiger partial charge in [0.2, 0.25) is 0 Å². The number of benzene rings is 1. The van der Waals surface area contributed by atoms with Gasteiger partial charge < -0.3 is 38.2 Å². The van der Waals surface area contributed by atoms with Crippen molar-refractivity contribution in [3.05, 3.63) is 34.9 Å². The summed E-state index contributed by atoms with van der Waals surface area (Å²) in [7, 11) is -4.47. The Hall–Kier alpha value is -2.06. The second-order valence-corrected chi connectivity index (χ2v) is 6.92. The summed E-state index contributed by atoms with van der Waals surface area (Å²) in [6.07, 6.45) is -0.935. The van der Waals surface area contributed by atoms with Crippen LogP contribution in [0.4, 0.5) is 0 Å². The molecule has 0 aliphatic rings. The van der Waals surface area contributed by atoms with Gasteiger partial charge in [-0.3, -0.25) is 19.5 Å². The van der Waals surface area contributed by atoms with Crippen molar-refractivity contribution in [1.82, 2.24) is 5.32 Å². The van der Waals surface area contributed by atoms with Gasteiger partial charge in [-0.15, -0.1) is 0 Å². The molecule has 31 heavy (non-hydrogen) atoms. The third-order valence-corrected chi connectivity index (χ3v) is 3.73.